The molecule has 0 aliphatic carbocycles. The van der Waals surface area contributed by atoms with Crippen LogP contribution in [-0.2, 0) is 19.0 Å². The monoisotopic (exact) mass is 439 g/mol. The van der Waals surface area contributed by atoms with Crippen molar-refractivity contribution in [1.82, 2.24) is 4.90 Å². The Morgan fingerprint density at radius 2 is 1.74 bits per heavy atom. The Hall–Kier alpha value is -1.30. The number of methoxy groups -OCH3 is 1. The molecule has 0 saturated carbocycles. The van der Waals surface area contributed by atoms with Crippen molar-refractivity contribution >= 4 is 12.1 Å². The number of carbonyl (C=O) groups excluding carboxylic acids is 2. The summed E-state index contributed by atoms with van der Waals surface area (Å²) < 4.78 is 16.9. The molecule has 180 valence electrons. The predicted octanol–water partition coefficient (Wildman–Crippen LogP) is 5.43. The maximum absolute atomic E-state index is 12.8. The summed E-state index contributed by atoms with van der Waals surface area (Å²) in [6.07, 6.45) is 3.16. The zero-order valence-corrected chi connectivity index (χ0v) is 21.5. The molecule has 2 rings (SSSR count). The molecule has 2 aliphatic heterocycles. The van der Waals surface area contributed by atoms with E-state index < -0.39 is 5.60 Å². The van der Waals surface area contributed by atoms with E-state index in [0.717, 1.165) is 25.7 Å². The molecule has 31 heavy (non-hydrogen) atoms. The number of amides is 1. The molecule has 2 fully saturated rings. The molecular formula is C25H45NO5. The Balaban J connectivity index is 2.11. The second kappa shape index (κ2) is 8.92. The number of hydrogen-bond donors (Lipinski definition) is 0. The maximum atomic E-state index is 12.8. The summed E-state index contributed by atoms with van der Waals surface area (Å²) >= 11 is 0. The number of carbonyl (C=O) groups is 2. The van der Waals surface area contributed by atoms with E-state index in [2.05, 4.69) is 41.5 Å². The molecule has 1 amide bonds. The highest BCUT2D eigenvalue weighted by molar-refractivity contribution is 5.73. The molecule has 2 heterocycles. The molecule has 0 spiro atoms. The van der Waals surface area contributed by atoms with Crippen molar-refractivity contribution < 1.29 is 23.8 Å². The number of likely N-dealkylation sites (tertiary alicyclic amines) is 1. The zero-order valence-electron chi connectivity index (χ0n) is 21.5. The van der Waals surface area contributed by atoms with Gasteiger partial charge < -0.3 is 19.1 Å². The first-order valence-electron chi connectivity index (χ1n) is 11.7. The second-order valence-corrected chi connectivity index (χ2v) is 12.2. The predicted molar refractivity (Wildman–Crippen MR) is 122 cm³/mol. The Kier molecular flexibility index (Phi) is 7.46. The van der Waals surface area contributed by atoms with Crippen LogP contribution in [0.5, 0.6) is 0 Å². The Morgan fingerprint density at radius 1 is 1.13 bits per heavy atom. The average molecular weight is 440 g/mol. The van der Waals surface area contributed by atoms with Gasteiger partial charge in [-0.3, -0.25) is 4.79 Å². The lowest BCUT2D eigenvalue weighted by atomic mass is 9.60. The van der Waals surface area contributed by atoms with Gasteiger partial charge >= 0.3 is 12.1 Å². The normalized spacial score (nSPS) is 28.1. The fourth-order valence-electron chi connectivity index (χ4n) is 5.41. The summed E-state index contributed by atoms with van der Waals surface area (Å²) in [5.74, 6) is 0.240. The van der Waals surface area contributed by atoms with Crippen LogP contribution < -0.4 is 0 Å². The minimum absolute atomic E-state index is 0.128. The summed E-state index contributed by atoms with van der Waals surface area (Å²) in [5, 5.41) is 0. The summed E-state index contributed by atoms with van der Waals surface area (Å²) in [7, 11) is 1.48. The number of esters is 1. The molecule has 0 aromatic carbocycles. The van der Waals surface area contributed by atoms with Crippen LogP contribution in [0.4, 0.5) is 4.79 Å². The third-order valence-corrected chi connectivity index (χ3v) is 7.82. The van der Waals surface area contributed by atoms with Crippen molar-refractivity contribution in [3.63, 3.8) is 0 Å². The quantitative estimate of drug-likeness (QED) is 0.534. The standard InChI is InChI=1S/C25H45NO5/c1-22(2,3)31-21(28)26-16-17(15-23(26,4)5)11-12-18(20(27)29-10)19-13-14-30-25(8,9)24(19,6)7/h17-19H,11-16H2,1-10H3/t17-,18?,19?/m0/s1. The van der Waals surface area contributed by atoms with E-state index in [4.69, 9.17) is 14.2 Å². The first-order valence-corrected chi connectivity index (χ1v) is 11.7. The van der Waals surface area contributed by atoms with Gasteiger partial charge in [-0.05, 0) is 91.4 Å². The van der Waals surface area contributed by atoms with Crippen LogP contribution in [0, 0.1) is 23.2 Å². The second-order valence-electron chi connectivity index (χ2n) is 12.2. The number of ether oxygens (including phenoxy) is 3. The maximum Gasteiger partial charge on any atom is 0.410 e. The van der Waals surface area contributed by atoms with E-state index in [1.807, 2.05) is 25.7 Å². The number of rotatable bonds is 5. The third-order valence-electron chi connectivity index (χ3n) is 7.82. The lowest BCUT2D eigenvalue weighted by Crippen LogP contribution is -2.54. The van der Waals surface area contributed by atoms with Crippen molar-refractivity contribution in [2.45, 2.75) is 105 Å². The van der Waals surface area contributed by atoms with E-state index in [0.29, 0.717) is 19.1 Å². The van der Waals surface area contributed by atoms with Gasteiger partial charge in [-0.15, -0.1) is 0 Å². The highest BCUT2D eigenvalue weighted by Crippen LogP contribution is 2.50. The van der Waals surface area contributed by atoms with Crippen molar-refractivity contribution in [3.8, 4) is 0 Å². The van der Waals surface area contributed by atoms with E-state index in [1.165, 1.54) is 7.11 Å². The van der Waals surface area contributed by atoms with Crippen LogP contribution in [0.3, 0.4) is 0 Å². The summed E-state index contributed by atoms with van der Waals surface area (Å²) in [4.78, 5) is 27.4. The molecule has 2 unspecified atom stereocenters. The van der Waals surface area contributed by atoms with E-state index in [9.17, 15) is 9.59 Å². The number of nitrogens with zero attached hydrogens (tertiary/aromatic N) is 1. The van der Waals surface area contributed by atoms with Gasteiger partial charge in [0.1, 0.15) is 5.60 Å². The van der Waals surface area contributed by atoms with Crippen LogP contribution in [0.25, 0.3) is 0 Å². The molecule has 6 heteroatoms. The van der Waals surface area contributed by atoms with Crippen LogP contribution in [-0.4, -0.2) is 54.0 Å². The lowest BCUT2D eigenvalue weighted by Gasteiger charge is -2.52. The van der Waals surface area contributed by atoms with E-state index in [1.54, 1.807) is 0 Å². The smallest absolute Gasteiger partial charge is 0.410 e. The fraction of sp³-hybridized carbons (Fsp3) is 0.920. The average Bonchev–Trinajstić information content (AvgIpc) is 2.91. The van der Waals surface area contributed by atoms with Crippen LogP contribution in [0.2, 0.25) is 0 Å². The molecule has 2 saturated heterocycles. The fourth-order valence-corrected chi connectivity index (χ4v) is 5.41. The number of hydrogen-bond acceptors (Lipinski definition) is 5. The van der Waals surface area contributed by atoms with Gasteiger partial charge in [-0.25, -0.2) is 4.79 Å². The molecule has 0 radical (unpaired) electrons. The van der Waals surface area contributed by atoms with Gasteiger partial charge in [-0.2, -0.15) is 0 Å². The Labute approximate surface area is 189 Å². The highest BCUT2D eigenvalue weighted by atomic mass is 16.6. The van der Waals surface area contributed by atoms with Crippen molar-refractivity contribution in [2.75, 3.05) is 20.3 Å². The van der Waals surface area contributed by atoms with E-state index in [-0.39, 0.29) is 40.5 Å². The van der Waals surface area contributed by atoms with Gasteiger partial charge in [0.05, 0.1) is 18.6 Å². The Morgan fingerprint density at radius 3 is 2.29 bits per heavy atom. The van der Waals surface area contributed by atoms with Crippen LogP contribution in [0.1, 0.15) is 88.0 Å². The lowest BCUT2D eigenvalue weighted by molar-refractivity contribution is -0.185. The van der Waals surface area contributed by atoms with Gasteiger partial charge in [-0.1, -0.05) is 13.8 Å². The molecule has 0 bridgehead atoms. The van der Waals surface area contributed by atoms with Crippen molar-refractivity contribution in [2.24, 2.45) is 23.2 Å². The molecule has 0 aromatic heterocycles. The molecule has 0 aromatic rings. The van der Waals surface area contributed by atoms with Gasteiger partial charge in [0.15, 0.2) is 0 Å². The van der Waals surface area contributed by atoms with E-state index >= 15 is 0 Å². The van der Waals surface area contributed by atoms with Crippen molar-refractivity contribution in [3.05, 3.63) is 0 Å². The first kappa shape index (κ1) is 26.0. The molecular weight excluding hydrogens is 394 g/mol. The zero-order chi connectivity index (χ0) is 23.8. The Bertz CT molecular complexity index is 661. The van der Waals surface area contributed by atoms with Gasteiger partial charge in [0, 0.05) is 18.7 Å². The topological polar surface area (TPSA) is 65.1 Å². The minimum atomic E-state index is -0.511. The third kappa shape index (κ3) is 5.74. The molecule has 6 nitrogen and oxygen atoms in total. The summed E-state index contributed by atoms with van der Waals surface area (Å²) in [5.41, 5.74) is -1.22. The summed E-state index contributed by atoms with van der Waals surface area (Å²) in [6.45, 7) is 19.8. The van der Waals surface area contributed by atoms with Gasteiger partial charge in [0.25, 0.3) is 0 Å². The molecule has 3 atom stereocenters. The largest absolute Gasteiger partial charge is 0.469 e. The molecule has 0 N–H and O–H groups in total. The first-order chi connectivity index (χ1) is 14.0. The SMILES string of the molecule is COC(=O)C(CC[C@@H]1CN(C(=O)OC(C)(C)C)C(C)(C)C1)C1CCOC(C)(C)C1(C)C. The van der Waals surface area contributed by atoms with Gasteiger partial charge in [0.2, 0.25) is 0 Å². The highest BCUT2D eigenvalue weighted by Gasteiger charge is 2.51. The van der Waals surface area contributed by atoms with Crippen LogP contribution in [0.15, 0.2) is 0 Å². The summed E-state index contributed by atoms with van der Waals surface area (Å²) in [6, 6.07) is 0. The molecule has 2 aliphatic rings. The van der Waals surface area contributed by atoms with Crippen LogP contribution >= 0.6 is 0 Å². The van der Waals surface area contributed by atoms with Crippen molar-refractivity contribution in [1.29, 1.82) is 0 Å². The minimum Gasteiger partial charge on any atom is -0.469 e.